The van der Waals surface area contributed by atoms with Crippen LogP contribution in [0.3, 0.4) is 0 Å². The SMILES string of the molecule is Cc1cnc(NN)nc1NCC(C)(O)CN(C)C. The number of hydrazine groups is 1. The van der Waals surface area contributed by atoms with Crippen LogP contribution < -0.4 is 16.6 Å². The van der Waals surface area contributed by atoms with Crippen LogP contribution in [0.2, 0.25) is 0 Å². The Kier molecular flexibility index (Phi) is 4.83. The molecule has 0 aliphatic heterocycles. The molecule has 0 bridgehead atoms. The average molecular weight is 254 g/mol. The molecular formula is C11H22N6O. The normalized spacial score (nSPS) is 14.4. The van der Waals surface area contributed by atoms with Crippen LogP contribution in [-0.2, 0) is 0 Å². The second-order valence-electron chi connectivity index (χ2n) is 4.96. The first-order valence-electron chi connectivity index (χ1n) is 5.75. The number of likely N-dealkylation sites (N-methyl/N-ethyl adjacent to an activating group) is 1. The minimum atomic E-state index is -0.836. The maximum absolute atomic E-state index is 10.2. The van der Waals surface area contributed by atoms with Gasteiger partial charge in [0.05, 0.1) is 5.60 Å². The summed E-state index contributed by atoms with van der Waals surface area (Å²) in [6, 6.07) is 0. The Labute approximate surface area is 107 Å². The van der Waals surface area contributed by atoms with Crippen LogP contribution in [0.25, 0.3) is 0 Å². The largest absolute Gasteiger partial charge is 0.387 e. The monoisotopic (exact) mass is 254 g/mol. The predicted octanol–water partition coefficient (Wildman–Crippen LogP) is -0.205. The molecule has 0 aliphatic carbocycles. The Morgan fingerprint density at radius 1 is 1.50 bits per heavy atom. The van der Waals surface area contributed by atoms with Crippen molar-refractivity contribution >= 4 is 11.8 Å². The van der Waals surface area contributed by atoms with Gasteiger partial charge in [-0.05, 0) is 27.9 Å². The summed E-state index contributed by atoms with van der Waals surface area (Å²) in [5, 5.41) is 13.3. The molecule has 7 heteroatoms. The Balaban J connectivity index is 2.67. The highest BCUT2D eigenvalue weighted by atomic mass is 16.3. The fourth-order valence-electron chi connectivity index (χ4n) is 1.70. The van der Waals surface area contributed by atoms with E-state index in [-0.39, 0.29) is 0 Å². The lowest BCUT2D eigenvalue weighted by atomic mass is 10.1. The maximum Gasteiger partial charge on any atom is 0.239 e. The molecule has 0 saturated heterocycles. The summed E-state index contributed by atoms with van der Waals surface area (Å²) in [6.45, 7) is 4.63. The molecule has 18 heavy (non-hydrogen) atoms. The Morgan fingerprint density at radius 2 is 2.17 bits per heavy atom. The van der Waals surface area contributed by atoms with E-state index in [1.807, 2.05) is 25.9 Å². The first-order valence-corrected chi connectivity index (χ1v) is 5.75. The molecule has 1 aromatic heterocycles. The van der Waals surface area contributed by atoms with Crippen LogP contribution in [0.1, 0.15) is 12.5 Å². The van der Waals surface area contributed by atoms with Gasteiger partial charge in [0.15, 0.2) is 0 Å². The van der Waals surface area contributed by atoms with E-state index in [9.17, 15) is 5.11 Å². The zero-order valence-corrected chi connectivity index (χ0v) is 11.4. The van der Waals surface area contributed by atoms with Gasteiger partial charge in [-0.3, -0.25) is 5.43 Å². The van der Waals surface area contributed by atoms with Crippen LogP contribution in [0, 0.1) is 6.92 Å². The fourth-order valence-corrected chi connectivity index (χ4v) is 1.70. The third-order valence-corrected chi connectivity index (χ3v) is 2.39. The summed E-state index contributed by atoms with van der Waals surface area (Å²) in [6.07, 6.45) is 1.67. The smallest absolute Gasteiger partial charge is 0.239 e. The second kappa shape index (κ2) is 5.94. The first-order chi connectivity index (χ1) is 8.34. The van der Waals surface area contributed by atoms with E-state index in [2.05, 4.69) is 20.7 Å². The highest BCUT2D eigenvalue weighted by molar-refractivity contribution is 5.46. The number of hydrogen-bond acceptors (Lipinski definition) is 7. The van der Waals surface area contributed by atoms with Crippen molar-refractivity contribution < 1.29 is 5.11 Å². The number of rotatable bonds is 6. The molecular weight excluding hydrogens is 232 g/mol. The van der Waals surface area contributed by atoms with Crippen LogP contribution in [0.5, 0.6) is 0 Å². The average Bonchev–Trinajstić information content (AvgIpc) is 2.26. The van der Waals surface area contributed by atoms with Crippen molar-refractivity contribution in [2.24, 2.45) is 5.84 Å². The molecule has 1 unspecified atom stereocenters. The topological polar surface area (TPSA) is 99.3 Å². The van der Waals surface area contributed by atoms with Gasteiger partial charge in [-0.25, -0.2) is 10.8 Å². The molecule has 7 nitrogen and oxygen atoms in total. The first kappa shape index (κ1) is 14.6. The summed E-state index contributed by atoms with van der Waals surface area (Å²) in [7, 11) is 3.84. The van der Waals surface area contributed by atoms with Gasteiger partial charge in [0.1, 0.15) is 5.82 Å². The van der Waals surface area contributed by atoms with Crippen molar-refractivity contribution in [3.05, 3.63) is 11.8 Å². The summed E-state index contributed by atoms with van der Waals surface area (Å²) in [4.78, 5) is 10.1. The number of nitrogens with two attached hydrogens (primary N) is 1. The van der Waals surface area contributed by atoms with Crippen LogP contribution in [-0.4, -0.2) is 52.8 Å². The van der Waals surface area contributed by atoms with Gasteiger partial charge < -0.3 is 15.3 Å². The molecule has 0 amide bonds. The summed E-state index contributed by atoms with van der Waals surface area (Å²) in [5.74, 6) is 6.26. The van der Waals surface area contributed by atoms with Crippen molar-refractivity contribution in [1.29, 1.82) is 0 Å². The predicted molar refractivity (Wildman–Crippen MR) is 72.2 cm³/mol. The standard InChI is InChI=1S/C11H22N6O/c1-8-5-13-10(16-12)15-9(8)14-6-11(2,18)7-17(3)4/h5,18H,6-7,12H2,1-4H3,(H2,13,14,15,16). The van der Waals surface area contributed by atoms with Crippen molar-refractivity contribution in [3.63, 3.8) is 0 Å². The number of nitrogen functional groups attached to an aromatic ring is 1. The zero-order chi connectivity index (χ0) is 13.8. The number of aryl methyl sites for hydroxylation is 1. The minimum Gasteiger partial charge on any atom is -0.387 e. The van der Waals surface area contributed by atoms with Crippen LogP contribution in [0.4, 0.5) is 11.8 Å². The number of nitrogens with one attached hydrogen (secondary N) is 2. The van der Waals surface area contributed by atoms with E-state index in [0.29, 0.717) is 24.9 Å². The zero-order valence-electron chi connectivity index (χ0n) is 11.4. The fraction of sp³-hybridized carbons (Fsp3) is 0.636. The van der Waals surface area contributed by atoms with Gasteiger partial charge in [-0.15, -0.1) is 0 Å². The highest BCUT2D eigenvalue weighted by Gasteiger charge is 2.21. The molecule has 5 N–H and O–H groups in total. The van der Waals surface area contributed by atoms with Crippen molar-refractivity contribution in [1.82, 2.24) is 14.9 Å². The molecule has 0 aromatic carbocycles. The van der Waals surface area contributed by atoms with E-state index in [0.717, 1.165) is 5.56 Å². The van der Waals surface area contributed by atoms with Gasteiger partial charge >= 0.3 is 0 Å². The molecule has 0 aliphatic rings. The van der Waals surface area contributed by atoms with Crippen molar-refractivity contribution in [3.8, 4) is 0 Å². The van der Waals surface area contributed by atoms with E-state index < -0.39 is 5.60 Å². The van der Waals surface area contributed by atoms with E-state index in [1.54, 1.807) is 13.1 Å². The van der Waals surface area contributed by atoms with Crippen LogP contribution >= 0.6 is 0 Å². The van der Waals surface area contributed by atoms with Crippen molar-refractivity contribution in [2.75, 3.05) is 37.9 Å². The van der Waals surface area contributed by atoms with E-state index in [1.165, 1.54) is 0 Å². The summed E-state index contributed by atoms with van der Waals surface area (Å²) >= 11 is 0. The maximum atomic E-state index is 10.2. The lowest BCUT2D eigenvalue weighted by molar-refractivity contribution is 0.0459. The molecule has 0 radical (unpaired) electrons. The summed E-state index contributed by atoms with van der Waals surface area (Å²) < 4.78 is 0. The van der Waals surface area contributed by atoms with Gasteiger partial charge in [0.2, 0.25) is 5.95 Å². The molecule has 1 heterocycles. The summed E-state index contributed by atoms with van der Waals surface area (Å²) in [5.41, 5.74) is 2.45. The molecule has 0 spiro atoms. The van der Waals surface area contributed by atoms with Gasteiger partial charge in [-0.2, -0.15) is 4.98 Å². The van der Waals surface area contributed by atoms with Gasteiger partial charge in [-0.1, -0.05) is 0 Å². The Morgan fingerprint density at radius 3 is 2.72 bits per heavy atom. The molecule has 1 aromatic rings. The molecule has 1 rings (SSSR count). The molecule has 1 atom stereocenters. The van der Waals surface area contributed by atoms with E-state index >= 15 is 0 Å². The Hall–Kier alpha value is -1.44. The number of hydrogen-bond donors (Lipinski definition) is 4. The van der Waals surface area contributed by atoms with E-state index in [4.69, 9.17) is 5.84 Å². The third kappa shape index (κ3) is 4.44. The minimum absolute atomic E-state index is 0.343. The second-order valence-corrected chi connectivity index (χ2v) is 4.96. The number of aliphatic hydroxyl groups is 1. The number of anilines is 2. The van der Waals surface area contributed by atoms with Crippen molar-refractivity contribution in [2.45, 2.75) is 19.4 Å². The lowest BCUT2D eigenvalue weighted by Crippen LogP contribution is -2.43. The van der Waals surface area contributed by atoms with Gasteiger partial charge in [0, 0.05) is 24.8 Å². The molecule has 102 valence electrons. The third-order valence-electron chi connectivity index (χ3n) is 2.39. The quantitative estimate of drug-likeness (QED) is 0.412. The Bertz CT molecular complexity index is 393. The number of nitrogens with zero attached hydrogens (tertiary/aromatic N) is 3. The molecule has 0 saturated carbocycles. The molecule has 0 fully saturated rings. The van der Waals surface area contributed by atoms with Gasteiger partial charge in [0.25, 0.3) is 0 Å². The highest BCUT2D eigenvalue weighted by Crippen LogP contribution is 2.14. The number of aromatic nitrogens is 2. The van der Waals surface area contributed by atoms with Crippen LogP contribution in [0.15, 0.2) is 6.20 Å². The lowest BCUT2D eigenvalue weighted by Gasteiger charge is -2.27.